The number of methoxy groups -OCH3 is 3. The second-order valence-electron chi connectivity index (χ2n) is 5.26. The van der Waals surface area contributed by atoms with Gasteiger partial charge in [-0.3, -0.25) is 0 Å². The van der Waals surface area contributed by atoms with Crippen LogP contribution < -0.4 is 14.2 Å². The Hall–Kier alpha value is -3.13. The molecule has 0 spiro atoms. The molecule has 0 aliphatic rings. The number of rotatable bonds is 6. The highest BCUT2D eigenvalue weighted by molar-refractivity contribution is 7.71. The Labute approximate surface area is 155 Å². The van der Waals surface area contributed by atoms with Crippen LogP contribution in [-0.2, 0) is 0 Å². The van der Waals surface area contributed by atoms with E-state index in [1.165, 1.54) is 0 Å². The normalized spacial score (nSPS) is 10.9. The van der Waals surface area contributed by atoms with E-state index in [0.717, 1.165) is 16.9 Å². The van der Waals surface area contributed by atoms with Crippen molar-refractivity contribution < 1.29 is 14.2 Å². The van der Waals surface area contributed by atoms with Crippen LogP contribution >= 0.6 is 12.2 Å². The molecule has 0 aliphatic heterocycles. The number of nitrogens with zero attached hydrogens (tertiary/aromatic N) is 3. The third-order valence-electron chi connectivity index (χ3n) is 3.71. The minimum absolute atomic E-state index is 0.383. The third-order valence-corrected chi connectivity index (χ3v) is 3.97. The van der Waals surface area contributed by atoms with E-state index in [0.29, 0.717) is 22.1 Å². The van der Waals surface area contributed by atoms with Gasteiger partial charge in [0.1, 0.15) is 5.75 Å². The smallest absolute Gasteiger partial charge is 0.216 e. The van der Waals surface area contributed by atoms with Crippen LogP contribution in [0.2, 0.25) is 0 Å². The lowest BCUT2D eigenvalue weighted by molar-refractivity contribution is 0.355. The molecule has 2 aromatic carbocycles. The zero-order valence-electron chi connectivity index (χ0n) is 14.6. The van der Waals surface area contributed by atoms with Gasteiger partial charge >= 0.3 is 0 Å². The Morgan fingerprint density at radius 2 is 1.85 bits per heavy atom. The van der Waals surface area contributed by atoms with Gasteiger partial charge in [-0.1, -0.05) is 12.1 Å². The molecule has 3 rings (SSSR count). The van der Waals surface area contributed by atoms with E-state index in [9.17, 15) is 0 Å². The molecule has 0 saturated carbocycles. The van der Waals surface area contributed by atoms with Crippen LogP contribution in [0.4, 0.5) is 0 Å². The lowest BCUT2D eigenvalue weighted by atomic mass is 10.2. The van der Waals surface area contributed by atoms with Gasteiger partial charge in [-0.25, -0.2) is 5.10 Å². The van der Waals surface area contributed by atoms with Gasteiger partial charge in [0.05, 0.1) is 27.5 Å². The van der Waals surface area contributed by atoms with Gasteiger partial charge in [-0.15, -0.1) is 0 Å². The fourth-order valence-electron chi connectivity index (χ4n) is 2.41. The first-order valence-electron chi connectivity index (χ1n) is 7.74. The van der Waals surface area contributed by atoms with Gasteiger partial charge in [0.25, 0.3) is 0 Å². The molecule has 0 bridgehead atoms. The van der Waals surface area contributed by atoms with Crippen molar-refractivity contribution in [2.24, 2.45) is 5.10 Å². The predicted molar refractivity (Wildman–Crippen MR) is 102 cm³/mol. The first kappa shape index (κ1) is 17.7. The Morgan fingerprint density at radius 3 is 2.58 bits per heavy atom. The highest BCUT2D eigenvalue weighted by atomic mass is 32.1. The van der Waals surface area contributed by atoms with Crippen LogP contribution in [0.15, 0.2) is 47.6 Å². The predicted octanol–water partition coefficient (Wildman–Crippen LogP) is 3.52. The maximum atomic E-state index is 5.35. The molecule has 1 N–H and O–H groups in total. The highest BCUT2D eigenvalue weighted by Gasteiger charge is 2.12. The Morgan fingerprint density at radius 1 is 1.04 bits per heavy atom. The summed E-state index contributed by atoms with van der Waals surface area (Å²) < 4.78 is 17.8. The van der Waals surface area contributed by atoms with Crippen molar-refractivity contribution >= 4 is 18.4 Å². The molecule has 134 valence electrons. The SMILES string of the molecule is COc1cccc(C=Nn2c(-c3ccc(OC)c(OC)c3)n[nH]c2=S)c1. The quantitative estimate of drug-likeness (QED) is 0.531. The number of aromatic amines is 1. The molecular formula is C18H18N4O3S. The van der Waals surface area contributed by atoms with Crippen LogP contribution in [0.1, 0.15) is 5.56 Å². The molecule has 0 unspecified atom stereocenters. The molecule has 0 saturated heterocycles. The summed E-state index contributed by atoms with van der Waals surface area (Å²) in [6, 6.07) is 13.1. The van der Waals surface area contributed by atoms with Crippen molar-refractivity contribution in [1.29, 1.82) is 0 Å². The number of hydrogen-bond acceptors (Lipinski definition) is 6. The molecule has 0 radical (unpaired) electrons. The summed E-state index contributed by atoms with van der Waals surface area (Å²) in [5.41, 5.74) is 1.67. The fraction of sp³-hybridized carbons (Fsp3) is 0.167. The minimum Gasteiger partial charge on any atom is -0.497 e. The van der Waals surface area contributed by atoms with Crippen molar-refractivity contribution in [3.05, 3.63) is 52.8 Å². The Kier molecular flexibility index (Phi) is 5.33. The van der Waals surface area contributed by atoms with Gasteiger partial charge in [0, 0.05) is 5.56 Å². The molecule has 7 nitrogen and oxygen atoms in total. The average molecular weight is 370 g/mol. The van der Waals surface area contributed by atoms with E-state index in [1.807, 2.05) is 42.5 Å². The van der Waals surface area contributed by atoms with E-state index in [1.54, 1.807) is 32.2 Å². The maximum Gasteiger partial charge on any atom is 0.216 e. The third kappa shape index (κ3) is 3.60. The minimum atomic E-state index is 0.383. The second-order valence-corrected chi connectivity index (χ2v) is 5.64. The largest absolute Gasteiger partial charge is 0.497 e. The van der Waals surface area contributed by atoms with Crippen molar-refractivity contribution in [2.45, 2.75) is 0 Å². The first-order valence-corrected chi connectivity index (χ1v) is 8.15. The lowest BCUT2D eigenvalue weighted by Crippen LogP contribution is -1.97. The standard InChI is InChI=1S/C18H18N4O3S/c1-23-14-6-4-5-12(9-14)11-19-22-17(20-21-18(22)26)13-7-8-15(24-2)16(10-13)25-3/h4-11H,1-3H3,(H,21,26). The van der Waals surface area contributed by atoms with E-state index in [4.69, 9.17) is 26.4 Å². The molecule has 8 heteroatoms. The molecule has 0 amide bonds. The lowest BCUT2D eigenvalue weighted by Gasteiger charge is -2.09. The molecule has 1 heterocycles. The Bertz CT molecular complexity index is 994. The van der Waals surface area contributed by atoms with Crippen LogP contribution in [0.3, 0.4) is 0 Å². The zero-order chi connectivity index (χ0) is 18.5. The van der Waals surface area contributed by atoms with E-state index < -0.39 is 0 Å². The number of H-pyrrole nitrogens is 1. The molecule has 26 heavy (non-hydrogen) atoms. The van der Waals surface area contributed by atoms with Crippen molar-refractivity contribution in [3.8, 4) is 28.6 Å². The Balaban J connectivity index is 1.99. The van der Waals surface area contributed by atoms with Gasteiger partial charge in [0.15, 0.2) is 17.3 Å². The summed E-state index contributed by atoms with van der Waals surface area (Å²) in [5.74, 6) is 2.55. The van der Waals surface area contributed by atoms with Crippen LogP contribution in [0, 0.1) is 4.77 Å². The fourth-order valence-corrected chi connectivity index (χ4v) is 2.59. The number of nitrogens with one attached hydrogen (secondary N) is 1. The highest BCUT2D eigenvalue weighted by Crippen LogP contribution is 2.31. The number of aromatic nitrogens is 3. The zero-order valence-corrected chi connectivity index (χ0v) is 15.4. The first-order chi connectivity index (χ1) is 12.7. The number of hydrogen-bond donors (Lipinski definition) is 1. The molecule has 3 aromatic rings. The molecule has 0 aliphatic carbocycles. The molecule has 0 fully saturated rings. The maximum absolute atomic E-state index is 5.35. The summed E-state index contributed by atoms with van der Waals surface area (Å²) >= 11 is 5.30. The average Bonchev–Trinajstić information content (AvgIpc) is 3.06. The summed E-state index contributed by atoms with van der Waals surface area (Å²) in [4.78, 5) is 0. The van der Waals surface area contributed by atoms with Crippen LogP contribution in [0.25, 0.3) is 11.4 Å². The van der Waals surface area contributed by atoms with Crippen LogP contribution in [0.5, 0.6) is 17.2 Å². The molecule has 0 atom stereocenters. The summed E-state index contributed by atoms with van der Waals surface area (Å²) in [6.07, 6.45) is 1.69. The van der Waals surface area contributed by atoms with Crippen molar-refractivity contribution in [1.82, 2.24) is 14.9 Å². The van der Waals surface area contributed by atoms with Crippen molar-refractivity contribution in [3.63, 3.8) is 0 Å². The summed E-state index contributed by atoms with van der Waals surface area (Å²) in [6.45, 7) is 0. The second kappa shape index (κ2) is 7.83. The monoisotopic (exact) mass is 370 g/mol. The van der Waals surface area contributed by atoms with E-state index in [-0.39, 0.29) is 0 Å². The van der Waals surface area contributed by atoms with Crippen molar-refractivity contribution in [2.75, 3.05) is 21.3 Å². The summed E-state index contributed by atoms with van der Waals surface area (Å²) in [5, 5.41) is 11.5. The topological polar surface area (TPSA) is 73.7 Å². The van der Waals surface area contributed by atoms with Gasteiger partial charge in [-0.2, -0.15) is 14.9 Å². The number of ether oxygens (including phenoxy) is 3. The van der Waals surface area contributed by atoms with Gasteiger partial charge in [0.2, 0.25) is 4.77 Å². The van der Waals surface area contributed by atoms with Crippen LogP contribution in [-0.4, -0.2) is 42.4 Å². The number of benzene rings is 2. The van der Waals surface area contributed by atoms with Gasteiger partial charge < -0.3 is 14.2 Å². The molecule has 1 aromatic heterocycles. The summed E-state index contributed by atoms with van der Waals surface area (Å²) in [7, 11) is 4.79. The molecular weight excluding hydrogens is 352 g/mol. The van der Waals surface area contributed by atoms with Gasteiger partial charge in [-0.05, 0) is 48.1 Å². The van der Waals surface area contributed by atoms with E-state index in [2.05, 4.69) is 15.3 Å². The van der Waals surface area contributed by atoms with E-state index >= 15 is 0 Å².